The molecule has 1 aromatic rings. The number of aryl methyl sites for hydroxylation is 1. The van der Waals surface area contributed by atoms with Crippen LogP contribution < -0.4 is 5.73 Å². The number of thiophene rings is 1. The normalized spacial score (nSPS) is 21.6. The molecule has 13 heavy (non-hydrogen) atoms. The van der Waals surface area contributed by atoms with Crippen LogP contribution in [0.15, 0.2) is 36.1 Å². The summed E-state index contributed by atoms with van der Waals surface area (Å²) in [5.41, 5.74) is 6.55. The van der Waals surface area contributed by atoms with E-state index in [-0.39, 0.29) is 0 Å². The maximum Gasteiger partial charge on any atom is 0.0270 e. The van der Waals surface area contributed by atoms with Gasteiger partial charge in [-0.3, -0.25) is 0 Å². The third-order valence-electron chi connectivity index (χ3n) is 2.26. The van der Waals surface area contributed by atoms with Crippen LogP contribution in [0.25, 0.3) is 0 Å². The molecule has 1 unspecified atom stereocenters. The van der Waals surface area contributed by atoms with Crippen LogP contribution in [0.4, 0.5) is 0 Å². The highest BCUT2D eigenvalue weighted by atomic mass is 32.1. The maximum atomic E-state index is 5.66. The quantitative estimate of drug-likeness (QED) is 0.725. The van der Waals surface area contributed by atoms with Gasteiger partial charge in [-0.05, 0) is 31.6 Å². The number of allylic oxidation sites excluding steroid dienone is 3. The first-order valence-corrected chi connectivity index (χ1v) is 5.27. The van der Waals surface area contributed by atoms with Crippen molar-refractivity contribution in [3.05, 3.63) is 45.8 Å². The molecule has 2 rings (SSSR count). The van der Waals surface area contributed by atoms with Crippen molar-refractivity contribution in [3.8, 4) is 0 Å². The SMILES string of the molecule is Cc1ccc(C2C=CC(N)=CC2)s1. The summed E-state index contributed by atoms with van der Waals surface area (Å²) in [7, 11) is 0. The van der Waals surface area contributed by atoms with E-state index in [0.29, 0.717) is 5.92 Å². The first-order valence-electron chi connectivity index (χ1n) is 4.46. The summed E-state index contributed by atoms with van der Waals surface area (Å²) in [4.78, 5) is 2.82. The molecule has 68 valence electrons. The Morgan fingerprint density at radius 2 is 2.31 bits per heavy atom. The summed E-state index contributed by atoms with van der Waals surface area (Å²) in [6.45, 7) is 2.14. The fraction of sp³-hybridized carbons (Fsp3) is 0.273. The zero-order chi connectivity index (χ0) is 9.26. The van der Waals surface area contributed by atoms with Gasteiger partial charge in [0, 0.05) is 21.4 Å². The average Bonchev–Trinajstić information content (AvgIpc) is 2.53. The van der Waals surface area contributed by atoms with Gasteiger partial charge in [-0.1, -0.05) is 12.2 Å². The molecule has 0 aromatic carbocycles. The van der Waals surface area contributed by atoms with Crippen LogP contribution in [0.2, 0.25) is 0 Å². The van der Waals surface area contributed by atoms with Crippen molar-refractivity contribution in [2.45, 2.75) is 19.3 Å². The standard InChI is InChI=1S/C11H13NS/c1-8-2-7-11(13-8)9-3-5-10(12)6-4-9/h2-3,5-7,9H,4,12H2,1H3. The molecule has 2 heteroatoms. The molecule has 0 saturated heterocycles. The minimum Gasteiger partial charge on any atom is -0.399 e. The van der Waals surface area contributed by atoms with Gasteiger partial charge in [-0.25, -0.2) is 0 Å². The Kier molecular flexibility index (Phi) is 2.23. The van der Waals surface area contributed by atoms with Gasteiger partial charge in [-0.2, -0.15) is 0 Å². The Hall–Kier alpha value is -1.02. The van der Waals surface area contributed by atoms with E-state index in [4.69, 9.17) is 5.73 Å². The van der Waals surface area contributed by atoms with Crippen molar-refractivity contribution >= 4 is 11.3 Å². The van der Waals surface area contributed by atoms with Crippen LogP contribution in [-0.2, 0) is 0 Å². The van der Waals surface area contributed by atoms with Gasteiger partial charge in [0.25, 0.3) is 0 Å². The van der Waals surface area contributed by atoms with Crippen LogP contribution >= 0.6 is 11.3 Å². The van der Waals surface area contributed by atoms with Crippen molar-refractivity contribution < 1.29 is 0 Å². The minimum absolute atomic E-state index is 0.547. The molecule has 0 radical (unpaired) electrons. The second-order valence-corrected chi connectivity index (χ2v) is 4.67. The largest absolute Gasteiger partial charge is 0.399 e. The van der Waals surface area contributed by atoms with E-state index in [2.05, 4.69) is 31.2 Å². The first kappa shape index (κ1) is 8.57. The smallest absolute Gasteiger partial charge is 0.0270 e. The van der Waals surface area contributed by atoms with Gasteiger partial charge in [0.15, 0.2) is 0 Å². The summed E-state index contributed by atoms with van der Waals surface area (Å²) in [6, 6.07) is 4.39. The van der Waals surface area contributed by atoms with Gasteiger partial charge < -0.3 is 5.73 Å². The molecule has 2 N–H and O–H groups in total. The summed E-state index contributed by atoms with van der Waals surface area (Å²) in [6.07, 6.45) is 7.34. The van der Waals surface area contributed by atoms with Crippen molar-refractivity contribution in [3.63, 3.8) is 0 Å². The van der Waals surface area contributed by atoms with E-state index in [9.17, 15) is 0 Å². The van der Waals surface area contributed by atoms with E-state index in [1.807, 2.05) is 17.4 Å². The second-order valence-electron chi connectivity index (χ2n) is 3.35. The molecule has 1 heterocycles. The molecule has 1 aliphatic rings. The maximum absolute atomic E-state index is 5.66. The lowest BCUT2D eigenvalue weighted by molar-refractivity contribution is 0.861. The van der Waals surface area contributed by atoms with Gasteiger partial charge >= 0.3 is 0 Å². The third kappa shape index (κ3) is 1.83. The Labute approximate surface area is 82.6 Å². The van der Waals surface area contributed by atoms with E-state index in [0.717, 1.165) is 12.1 Å². The topological polar surface area (TPSA) is 26.0 Å². The summed E-state index contributed by atoms with van der Waals surface area (Å²) in [5, 5.41) is 0. The van der Waals surface area contributed by atoms with Crippen LogP contribution in [0, 0.1) is 6.92 Å². The summed E-state index contributed by atoms with van der Waals surface area (Å²) < 4.78 is 0. The van der Waals surface area contributed by atoms with Crippen LogP contribution in [-0.4, -0.2) is 0 Å². The van der Waals surface area contributed by atoms with Crippen molar-refractivity contribution in [1.82, 2.24) is 0 Å². The molecule has 1 nitrogen and oxygen atoms in total. The number of nitrogens with two attached hydrogens (primary N) is 1. The van der Waals surface area contributed by atoms with E-state index in [1.54, 1.807) is 0 Å². The zero-order valence-electron chi connectivity index (χ0n) is 7.66. The molecular weight excluding hydrogens is 178 g/mol. The summed E-state index contributed by atoms with van der Waals surface area (Å²) in [5.74, 6) is 0.547. The van der Waals surface area contributed by atoms with Gasteiger partial charge in [0.1, 0.15) is 0 Å². The zero-order valence-corrected chi connectivity index (χ0v) is 8.47. The number of hydrogen-bond donors (Lipinski definition) is 1. The molecule has 1 atom stereocenters. The monoisotopic (exact) mass is 191 g/mol. The fourth-order valence-electron chi connectivity index (χ4n) is 1.50. The number of rotatable bonds is 1. The van der Waals surface area contributed by atoms with Crippen LogP contribution in [0.5, 0.6) is 0 Å². The van der Waals surface area contributed by atoms with Crippen LogP contribution in [0.3, 0.4) is 0 Å². The fourth-order valence-corrected chi connectivity index (χ4v) is 2.47. The Balaban J connectivity index is 2.17. The van der Waals surface area contributed by atoms with Crippen molar-refractivity contribution in [2.75, 3.05) is 0 Å². The molecule has 0 amide bonds. The number of hydrogen-bond acceptors (Lipinski definition) is 2. The Morgan fingerprint density at radius 3 is 2.85 bits per heavy atom. The van der Waals surface area contributed by atoms with E-state index in [1.165, 1.54) is 9.75 Å². The summed E-state index contributed by atoms with van der Waals surface area (Å²) >= 11 is 1.87. The van der Waals surface area contributed by atoms with Crippen LogP contribution in [0.1, 0.15) is 22.1 Å². The lowest BCUT2D eigenvalue weighted by Crippen LogP contribution is -2.01. The van der Waals surface area contributed by atoms with Gasteiger partial charge in [0.05, 0.1) is 0 Å². The highest BCUT2D eigenvalue weighted by Gasteiger charge is 2.11. The molecule has 1 aromatic heterocycles. The molecule has 0 spiro atoms. The highest BCUT2D eigenvalue weighted by Crippen LogP contribution is 2.30. The van der Waals surface area contributed by atoms with Gasteiger partial charge in [-0.15, -0.1) is 11.3 Å². The van der Waals surface area contributed by atoms with Gasteiger partial charge in [0.2, 0.25) is 0 Å². The predicted molar refractivity (Wildman–Crippen MR) is 57.8 cm³/mol. The van der Waals surface area contributed by atoms with Crippen molar-refractivity contribution in [1.29, 1.82) is 0 Å². The first-order chi connectivity index (χ1) is 6.25. The molecule has 0 saturated carbocycles. The molecule has 0 bridgehead atoms. The molecular formula is C11H13NS. The minimum atomic E-state index is 0.547. The lowest BCUT2D eigenvalue weighted by atomic mass is 9.98. The highest BCUT2D eigenvalue weighted by molar-refractivity contribution is 7.12. The lowest BCUT2D eigenvalue weighted by Gasteiger charge is -2.12. The van der Waals surface area contributed by atoms with E-state index < -0.39 is 0 Å². The second kappa shape index (κ2) is 3.38. The van der Waals surface area contributed by atoms with Crippen molar-refractivity contribution in [2.24, 2.45) is 5.73 Å². The van der Waals surface area contributed by atoms with E-state index >= 15 is 0 Å². The average molecular weight is 191 g/mol. The Morgan fingerprint density at radius 1 is 1.46 bits per heavy atom. The molecule has 0 fully saturated rings. The Bertz CT molecular complexity index is 360. The third-order valence-corrected chi connectivity index (χ3v) is 3.39. The molecule has 0 aliphatic heterocycles. The predicted octanol–water partition coefficient (Wildman–Crippen LogP) is 2.94. The molecule has 1 aliphatic carbocycles.